The molecule has 0 aliphatic heterocycles. The van der Waals surface area contributed by atoms with E-state index in [0.717, 1.165) is 16.9 Å². The number of carbonyl (C=O) groups excluding carboxylic acids is 2. The van der Waals surface area contributed by atoms with E-state index in [2.05, 4.69) is 15.2 Å². The first-order valence-electron chi connectivity index (χ1n) is 7.27. The standard InChI is InChI=1S/C17H15N3O4/c1-23-14-4-2-3-11(6-14)5-12-8-24-9-13(12)7-15(21)16(22)17-18-10-19-20-17/h2-4,6,8-10H,5,7H2,1H3,(H,18,19,20). The van der Waals surface area contributed by atoms with Gasteiger partial charge < -0.3 is 9.15 Å². The summed E-state index contributed by atoms with van der Waals surface area (Å²) in [5.41, 5.74) is 2.54. The molecule has 0 saturated carbocycles. The number of nitrogens with one attached hydrogen (secondary N) is 1. The number of methoxy groups -OCH3 is 1. The van der Waals surface area contributed by atoms with Crippen molar-refractivity contribution >= 4 is 11.6 Å². The number of aromatic amines is 1. The largest absolute Gasteiger partial charge is 0.497 e. The maximum atomic E-state index is 12.1. The lowest BCUT2D eigenvalue weighted by atomic mass is 9.99. The van der Waals surface area contributed by atoms with Crippen LogP contribution < -0.4 is 4.74 Å². The Morgan fingerprint density at radius 1 is 1.25 bits per heavy atom. The van der Waals surface area contributed by atoms with Gasteiger partial charge >= 0.3 is 0 Å². The van der Waals surface area contributed by atoms with Crippen LogP contribution in [0.4, 0.5) is 0 Å². The minimum atomic E-state index is -0.718. The zero-order chi connectivity index (χ0) is 16.9. The molecule has 24 heavy (non-hydrogen) atoms. The number of furan rings is 1. The molecule has 1 N–H and O–H groups in total. The third-order valence-corrected chi connectivity index (χ3v) is 3.58. The van der Waals surface area contributed by atoms with Crippen LogP contribution in [0.1, 0.15) is 27.3 Å². The van der Waals surface area contributed by atoms with Crippen LogP contribution in [-0.2, 0) is 17.6 Å². The Labute approximate surface area is 137 Å². The van der Waals surface area contributed by atoms with Crippen molar-refractivity contribution in [1.82, 2.24) is 15.2 Å². The molecular formula is C17H15N3O4. The van der Waals surface area contributed by atoms with Crippen LogP contribution in [0.5, 0.6) is 5.75 Å². The van der Waals surface area contributed by atoms with Crippen molar-refractivity contribution in [2.45, 2.75) is 12.8 Å². The minimum Gasteiger partial charge on any atom is -0.497 e. The van der Waals surface area contributed by atoms with Crippen LogP contribution in [0.2, 0.25) is 0 Å². The van der Waals surface area contributed by atoms with E-state index in [1.54, 1.807) is 13.4 Å². The van der Waals surface area contributed by atoms with Gasteiger partial charge in [-0.15, -0.1) is 5.10 Å². The number of aromatic nitrogens is 3. The highest BCUT2D eigenvalue weighted by Gasteiger charge is 2.21. The molecule has 2 heterocycles. The zero-order valence-electron chi connectivity index (χ0n) is 13.0. The molecule has 7 nitrogen and oxygen atoms in total. The highest BCUT2D eigenvalue weighted by Crippen LogP contribution is 2.20. The van der Waals surface area contributed by atoms with E-state index in [9.17, 15) is 9.59 Å². The van der Waals surface area contributed by atoms with Crippen molar-refractivity contribution in [2.24, 2.45) is 0 Å². The van der Waals surface area contributed by atoms with Crippen molar-refractivity contribution in [3.8, 4) is 5.75 Å². The van der Waals surface area contributed by atoms with Gasteiger partial charge in [0.05, 0.1) is 19.6 Å². The lowest BCUT2D eigenvalue weighted by molar-refractivity contribution is -0.114. The molecule has 2 aromatic heterocycles. The Kier molecular flexibility index (Phi) is 4.51. The lowest BCUT2D eigenvalue weighted by Crippen LogP contribution is -2.18. The summed E-state index contributed by atoms with van der Waals surface area (Å²) in [5.74, 6) is -0.668. The number of benzene rings is 1. The van der Waals surface area contributed by atoms with E-state index in [0.29, 0.717) is 12.0 Å². The first-order valence-corrected chi connectivity index (χ1v) is 7.27. The second-order valence-corrected chi connectivity index (χ2v) is 5.20. The summed E-state index contributed by atoms with van der Waals surface area (Å²) in [6, 6.07) is 7.63. The molecule has 0 unspecified atom stereocenters. The third kappa shape index (κ3) is 3.40. The number of carbonyl (C=O) groups is 2. The van der Waals surface area contributed by atoms with Gasteiger partial charge in [0.1, 0.15) is 12.1 Å². The van der Waals surface area contributed by atoms with Crippen LogP contribution in [0.15, 0.2) is 47.5 Å². The van der Waals surface area contributed by atoms with Crippen molar-refractivity contribution in [2.75, 3.05) is 7.11 Å². The maximum absolute atomic E-state index is 12.1. The highest BCUT2D eigenvalue weighted by molar-refractivity contribution is 6.43. The quantitative estimate of drug-likeness (QED) is 0.527. The van der Waals surface area contributed by atoms with Gasteiger partial charge in [0.2, 0.25) is 11.6 Å². The molecule has 0 aliphatic rings. The van der Waals surface area contributed by atoms with E-state index < -0.39 is 11.6 Å². The topological polar surface area (TPSA) is 98.1 Å². The first-order chi connectivity index (χ1) is 11.7. The molecule has 3 rings (SSSR count). The Morgan fingerprint density at radius 2 is 2.08 bits per heavy atom. The summed E-state index contributed by atoms with van der Waals surface area (Å²) in [7, 11) is 1.61. The van der Waals surface area contributed by atoms with Gasteiger partial charge in [0.15, 0.2) is 0 Å². The molecule has 1 aromatic carbocycles. The lowest BCUT2D eigenvalue weighted by Gasteiger charge is -2.05. The van der Waals surface area contributed by atoms with Gasteiger partial charge in [-0.2, -0.15) is 0 Å². The monoisotopic (exact) mass is 325 g/mol. The molecule has 0 atom stereocenters. The van der Waals surface area contributed by atoms with E-state index in [1.165, 1.54) is 12.6 Å². The number of Topliss-reactive ketones (excluding diaryl/α,β-unsaturated/α-hetero) is 2. The fourth-order valence-corrected chi connectivity index (χ4v) is 2.36. The Bertz CT molecular complexity index is 852. The second-order valence-electron chi connectivity index (χ2n) is 5.20. The smallest absolute Gasteiger partial charge is 0.267 e. The third-order valence-electron chi connectivity index (χ3n) is 3.58. The molecular weight excluding hydrogens is 310 g/mol. The summed E-state index contributed by atoms with van der Waals surface area (Å²) < 4.78 is 10.4. The van der Waals surface area contributed by atoms with Gasteiger partial charge in [-0.1, -0.05) is 12.1 Å². The molecule has 7 heteroatoms. The predicted molar refractivity (Wildman–Crippen MR) is 83.9 cm³/mol. The number of ether oxygens (including phenoxy) is 1. The fraction of sp³-hybridized carbons (Fsp3) is 0.176. The molecule has 0 radical (unpaired) electrons. The average molecular weight is 325 g/mol. The minimum absolute atomic E-state index is 0.0524. The molecule has 0 amide bonds. The Morgan fingerprint density at radius 3 is 2.83 bits per heavy atom. The molecule has 0 bridgehead atoms. The average Bonchev–Trinajstić information content (AvgIpc) is 3.27. The predicted octanol–water partition coefficient (Wildman–Crippen LogP) is 1.99. The van der Waals surface area contributed by atoms with Crippen molar-refractivity contribution in [1.29, 1.82) is 0 Å². The van der Waals surface area contributed by atoms with Crippen molar-refractivity contribution in [3.05, 3.63) is 65.6 Å². The maximum Gasteiger partial charge on any atom is 0.267 e. The summed E-state index contributed by atoms with van der Waals surface area (Å²) in [4.78, 5) is 27.8. The van der Waals surface area contributed by atoms with E-state index in [4.69, 9.17) is 9.15 Å². The number of H-pyrrole nitrogens is 1. The van der Waals surface area contributed by atoms with Gasteiger partial charge in [-0.05, 0) is 23.3 Å². The molecule has 0 aliphatic carbocycles. The van der Waals surface area contributed by atoms with Crippen LogP contribution in [0.3, 0.4) is 0 Å². The summed E-state index contributed by atoms with van der Waals surface area (Å²) in [5, 5.41) is 6.05. The van der Waals surface area contributed by atoms with Gasteiger partial charge in [0.25, 0.3) is 5.78 Å². The number of hydrogen-bond donors (Lipinski definition) is 1. The number of hydrogen-bond acceptors (Lipinski definition) is 6. The van der Waals surface area contributed by atoms with Crippen LogP contribution in [-0.4, -0.2) is 33.9 Å². The van der Waals surface area contributed by atoms with Gasteiger partial charge in [0, 0.05) is 18.4 Å². The number of rotatable bonds is 7. The molecule has 0 spiro atoms. The van der Waals surface area contributed by atoms with Crippen LogP contribution in [0, 0.1) is 0 Å². The Hall–Kier alpha value is -3.22. The first kappa shape index (κ1) is 15.7. The second kappa shape index (κ2) is 6.91. The van der Waals surface area contributed by atoms with Crippen molar-refractivity contribution in [3.63, 3.8) is 0 Å². The number of nitrogens with zero attached hydrogens (tertiary/aromatic N) is 2. The highest BCUT2D eigenvalue weighted by atomic mass is 16.5. The van der Waals surface area contributed by atoms with Gasteiger partial charge in [-0.3, -0.25) is 14.7 Å². The Balaban J connectivity index is 1.73. The summed E-state index contributed by atoms with van der Waals surface area (Å²) in [6.45, 7) is 0. The SMILES string of the molecule is COc1cccc(Cc2cocc2CC(=O)C(=O)c2nc[nH]n2)c1. The molecule has 0 fully saturated rings. The normalized spacial score (nSPS) is 10.5. The van der Waals surface area contributed by atoms with E-state index in [1.807, 2.05) is 24.3 Å². The van der Waals surface area contributed by atoms with Crippen molar-refractivity contribution < 1.29 is 18.7 Å². The molecule has 122 valence electrons. The van der Waals surface area contributed by atoms with Crippen LogP contribution in [0.25, 0.3) is 0 Å². The fourth-order valence-electron chi connectivity index (χ4n) is 2.36. The summed E-state index contributed by atoms with van der Waals surface area (Å²) in [6.07, 6.45) is 4.85. The molecule has 3 aromatic rings. The van der Waals surface area contributed by atoms with E-state index >= 15 is 0 Å². The van der Waals surface area contributed by atoms with Crippen LogP contribution >= 0.6 is 0 Å². The number of ketones is 2. The van der Waals surface area contributed by atoms with Gasteiger partial charge in [-0.25, -0.2) is 4.98 Å². The summed E-state index contributed by atoms with van der Waals surface area (Å²) >= 11 is 0. The molecule has 0 saturated heterocycles. The zero-order valence-corrected chi connectivity index (χ0v) is 13.0. The van der Waals surface area contributed by atoms with E-state index in [-0.39, 0.29) is 12.2 Å².